The van der Waals surface area contributed by atoms with E-state index in [1.165, 1.54) is 0 Å². The molecule has 0 aromatic heterocycles. The van der Waals surface area contributed by atoms with Crippen LogP contribution in [0.5, 0.6) is 0 Å². The lowest BCUT2D eigenvalue weighted by Crippen LogP contribution is -2.26. The van der Waals surface area contributed by atoms with Crippen LogP contribution in [0.1, 0.15) is 61.3 Å². The molecule has 0 radical (unpaired) electrons. The lowest BCUT2D eigenvalue weighted by Gasteiger charge is -2.23. The Labute approximate surface area is 122 Å². The minimum Gasteiger partial charge on any atom is -0.233 e. The van der Waals surface area contributed by atoms with Crippen LogP contribution in [0.2, 0.25) is 0 Å². The third-order valence-corrected chi connectivity index (χ3v) is 2.20. The zero-order valence-corrected chi connectivity index (χ0v) is 14.0. The molecule has 0 bridgehead atoms. The summed E-state index contributed by atoms with van der Waals surface area (Å²) in [5, 5.41) is 1.57. The second kappa shape index (κ2) is 8.27. The molecule has 0 aliphatic rings. The standard InChI is InChI=1S/C14H28O4S/c1-11(15-17-13(2,3)4)8-9-12(10-19)16-18-14(5,6)7/h10-12H,8-9H2,1-7H3. The molecule has 0 aromatic carbocycles. The summed E-state index contributed by atoms with van der Waals surface area (Å²) in [4.78, 5) is 21.1. The van der Waals surface area contributed by atoms with E-state index >= 15 is 0 Å². The number of thiocarbonyl (C=S) groups is 1. The summed E-state index contributed by atoms with van der Waals surface area (Å²) >= 11 is 4.94. The molecule has 2 atom stereocenters. The predicted molar refractivity (Wildman–Crippen MR) is 80.0 cm³/mol. The van der Waals surface area contributed by atoms with Crippen LogP contribution in [0.25, 0.3) is 0 Å². The molecule has 19 heavy (non-hydrogen) atoms. The van der Waals surface area contributed by atoms with Crippen LogP contribution in [0, 0.1) is 0 Å². The fourth-order valence-electron chi connectivity index (χ4n) is 1.02. The molecule has 0 rings (SSSR count). The summed E-state index contributed by atoms with van der Waals surface area (Å²) in [5.41, 5.74) is -0.641. The first kappa shape index (κ1) is 18.9. The smallest absolute Gasteiger partial charge is 0.121 e. The zero-order chi connectivity index (χ0) is 15.1. The molecule has 2 unspecified atom stereocenters. The SMILES string of the molecule is CC(CCC(C=S)OOC(C)(C)C)OOC(C)(C)C. The van der Waals surface area contributed by atoms with Crippen LogP contribution < -0.4 is 0 Å². The van der Waals surface area contributed by atoms with E-state index in [9.17, 15) is 0 Å². The van der Waals surface area contributed by atoms with Gasteiger partial charge < -0.3 is 0 Å². The maximum absolute atomic E-state index is 5.30. The molecular formula is C14H28O4S. The fraction of sp³-hybridized carbons (Fsp3) is 0.929. The predicted octanol–water partition coefficient (Wildman–Crippen LogP) is 4.02. The average Bonchev–Trinajstić information content (AvgIpc) is 2.24. The highest BCUT2D eigenvalue weighted by atomic mass is 32.1. The molecule has 5 heteroatoms. The summed E-state index contributed by atoms with van der Waals surface area (Å²) in [5.74, 6) is 0. The van der Waals surface area contributed by atoms with Gasteiger partial charge >= 0.3 is 0 Å². The Morgan fingerprint density at radius 1 is 0.895 bits per heavy atom. The van der Waals surface area contributed by atoms with Crippen molar-refractivity contribution in [3.8, 4) is 0 Å². The lowest BCUT2D eigenvalue weighted by atomic mass is 10.1. The quantitative estimate of drug-likeness (QED) is 0.384. The first-order chi connectivity index (χ1) is 8.53. The molecule has 0 spiro atoms. The van der Waals surface area contributed by atoms with Crippen molar-refractivity contribution in [2.24, 2.45) is 0 Å². The highest BCUT2D eigenvalue weighted by Gasteiger charge is 2.18. The molecule has 0 saturated heterocycles. The fourth-order valence-corrected chi connectivity index (χ4v) is 1.20. The zero-order valence-electron chi connectivity index (χ0n) is 13.2. The van der Waals surface area contributed by atoms with Crippen molar-refractivity contribution >= 4 is 17.6 Å². The van der Waals surface area contributed by atoms with Crippen molar-refractivity contribution in [3.63, 3.8) is 0 Å². The average molecular weight is 292 g/mol. The van der Waals surface area contributed by atoms with Gasteiger partial charge in [0.15, 0.2) is 0 Å². The summed E-state index contributed by atoms with van der Waals surface area (Å²) < 4.78 is 0. The summed E-state index contributed by atoms with van der Waals surface area (Å²) in [6, 6.07) is 0. The van der Waals surface area contributed by atoms with E-state index < -0.39 is 0 Å². The monoisotopic (exact) mass is 292 g/mol. The summed E-state index contributed by atoms with van der Waals surface area (Å²) in [6.45, 7) is 13.6. The third kappa shape index (κ3) is 12.7. The van der Waals surface area contributed by atoms with E-state index in [0.717, 1.165) is 12.8 Å². The van der Waals surface area contributed by atoms with Crippen molar-refractivity contribution in [3.05, 3.63) is 0 Å². The minimum absolute atomic E-state index is 0.0186. The Kier molecular flexibility index (Phi) is 8.24. The van der Waals surface area contributed by atoms with Crippen LogP contribution >= 0.6 is 12.2 Å². The Balaban J connectivity index is 3.91. The van der Waals surface area contributed by atoms with Gasteiger partial charge in [-0.2, -0.15) is 0 Å². The maximum Gasteiger partial charge on any atom is 0.121 e. The number of hydrogen-bond donors (Lipinski definition) is 0. The topological polar surface area (TPSA) is 36.9 Å². The van der Waals surface area contributed by atoms with Gasteiger partial charge in [0.1, 0.15) is 6.10 Å². The Morgan fingerprint density at radius 3 is 1.79 bits per heavy atom. The van der Waals surface area contributed by atoms with Gasteiger partial charge in [-0.25, -0.2) is 19.6 Å². The molecule has 0 fully saturated rings. The van der Waals surface area contributed by atoms with E-state index in [4.69, 9.17) is 31.8 Å². The molecule has 0 aliphatic carbocycles. The van der Waals surface area contributed by atoms with Gasteiger partial charge in [-0.3, -0.25) is 0 Å². The van der Waals surface area contributed by atoms with E-state index in [-0.39, 0.29) is 23.4 Å². The van der Waals surface area contributed by atoms with Crippen LogP contribution in [0.4, 0.5) is 0 Å². The molecule has 0 aliphatic heterocycles. The van der Waals surface area contributed by atoms with E-state index in [0.29, 0.717) is 0 Å². The molecule has 0 N–H and O–H groups in total. The Hall–Kier alpha value is -0.0700. The van der Waals surface area contributed by atoms with Gasteiger partial charge in [-0.05, 0) is 61.3 Å². The van der Waals surface area contributed by atoms with Crippen LogP contribution in [0.15, 0.2) is 0 Å². The van der Waals surface area contributed by atoms with E-state index in [1.807, 2.05) is 48.5 Å². The van der Waals surface area contributed by atoms with E-state index in [2.05, 4.69) is 0 Å². The van der Waals surface area contributed by atoms with Crippen LogP contribution in [-0.2, 0) is 19.6 Å². The van der Waals surface area contributed by atoms with Gasteiger partial charge in [-0.1, -0.05) is 12.2 Å². The molecule has 4 nitrogen and oxygen atoms in total. The van der Waals surface area contributed by atoms with Crippen molar-refractivity contribution in [1.29, 1.82) is 0 Å². The largest absolute Gasteiger partial charge is 0.233 e. The lowest BCUT2D eigenvalue weighted by molar-refractivity contribution is -0.375. The van der Waals surface area contributed by atoms with Crippen molar-refractivity contribution in [1.82, 2.24) is 0 Å². The van der Waals surface area contributed by atoms with Crippen molar-refractivity contribution in [2.75, 3.05) is 0 Å². The van der Waals surface area contributed by atoms with Crippen LogP contribution in [0.3, 0.4) is 0 Å². The molecule has 0 aromatic rings. The highest BCUT2D eigenvalue weighted by molar-refractivity contribution is 7.79. The Morgan fingerprint density at radius 2 is 1.37 bits per heavy atom. The maximum atomic E-state index is 5.30. The molecule has 0 amide bonds. The van der Waals surface area contributed by atoms with Crippen molar-refractivity contribution < 1.29 is 19.6 Å². The highest BCUT2D eigenvalue weighted by Crippen LogP contribution is 2.15. The summed E-state index contributed by atoms with van der Waals surface area (Å²) in [6.07, 6.45) is 1.28. The summed E-state index contributed by atoms with van der Waals surface area (Å²) in [7, 11) is 0. The minimum atomic E-state index is -0.339. The number of hydrogen-bond acceptors (Lipinski definition) is 5. The van der Waals surface area contributed by atoms with Gasteiger partial charge in [0, 0.05) is 5.37 Å². The van der Waals surface area contributed by atoms with E-state index in [1.54, 1.807) is 5.37 Å². The van der Waals surface area contributed by atoms with Gasteiger partial charge in [0.2, 0.25) is 0 Å². The Bertz CT molecular complexity index is 255. The van der Waals surface area contributed by atoms with Crippen molar-refractivity contribution in [2.45, 2.75) is 84.7 Å². The first-order valence-corrected chi connectivity index (χ1v) is 7.15. The molecule has 0 heterocycles. The van der Waals surface area contributed by atoms with Gasteiger partial charge in [0.05, 0.1) is 17.3 Å². The second-order valence-electron chi connectivity index (χ2n) is 6.65. The molecular weight excluding hydrogens is 264 g/mol. The molecule has 0 saturated carbocycles. The first-order valence-electron chi connectivity index (χ1n) is 6.68. The van der Waals surface area contributed by atoms with Gasteiger partial charge in [-0.15, -0.1) is 0 Å². The second-order valence-corrected chi connectivity index (χ2v) is 6.92. The van der Waals surface area contributed by atoms with Gasteiger partial charge in [0.25, 0.3) is 0 Å². The number of rotatable bonds is 8. The third-order valence-electron chi connectivity index (χ3n) is 1.89. The molecule has 114 valence electrons. The normalized spacial score (nSPS) is 16.2. The van der Waals surface area contributed by atoms with Crippen LogP contribution in [-0.4, -0.2) is 28.8 Å².